The zero-order valence-electron chi connectivity index (χ0n) is 18.5. The lowest BCUT2D eigenvalue weighted by Crippen LogP contribution is -2.48. The van der Waals surface area contributed by atoms with Crippen molar-refractivity contribution in [1.29, 1.82) is 0 Å². The number of nitrogens with zero attached hydrogens (tertiary/aromatic N) is 2. The van der Waals surface area contributed by atoms with Gasteiger partial charge in [-0.3, -0.25) is 9.59 Å². The van der Waals surface area contributed by atoms with Gasteiger partial charge in [0, 0.05) is 17.5 Å². The van der Waals surface area contributed by atoms with Gasteiger partial charge in [0.1, 0.15) is 19.0 Å². The smallest absolute Gasteiger partial charge is 0.257 e. The SMILES string of the molecule is O=C(c1ccccc1F)N(CC(=O)N1CCc2sccc2C1COc1ccccc1F)C1CC1. The number of carbonyl (C=O) groups excluding carboxylic acids is 2. The molecule has 5 rings (SSSR count). The third kappa shape index (κ3) is 4.55. The van der Waals surface area contributed by atoms with E-state index < -0.39 is 23.6 Å². The van der Waals surface area contributed by atoms with E-state index in [-0.39, 0.29) is 36.4 Å². The Morgan fingerprint density at radius 1 is 1.03 bits per heavy atom. The van der Waals surface area contributed by atoms with Crippen LogP contribution in [0.2, 0.25) is 0 Å². The lowest BCUT2D eigenvalue weighted by Gasteiger charge is -2.37. The van der Waals surface area contributed by atoms with E-state index >= 15 is 0 Å². The van der Waals surface area contributed by atoms with Gasteiger partial charge in [0.25, 0.3) is 5.91 Å². The molecule has 0 N–H and O–H groups in total. The number of rotatable bonds is 7. The lowest BCUT2D eigenvalue weighted by molar-refractivity contribution is -0.135. The fourth-order valence-electron chi connectivity index (χ4n) is 4.38. The standard InChI is InChI=1S/C26H24F2N2O3S/c27-20-6-2-1-5-18(20)26(32)30(17-9-10-17)15-25(31)29-13-11-24-19(12-14-34-24)22(29)16-33-23-8-4-3-7-21(23)28/h1-8,12,14,17,22H,9-11,13,15-16H2. The molecule has 0 saturated heterocycles. The molecule has 0 spiro atoms. The molecular weight excluding hydrogens is 458 g/mol. The number of fused-ring (bicyclic) bond motifs is 1. The van der Waals surface area contributed by atoms with Gasteiger partial charge in [-0.25, -0.2) is 8.78 Å². The van der Waals surface area contributed by atoms with E-state index in [1.165, 1.54) is 34.0 Å². The summed E-state index contributed by atoms with van der Waals surface area (Å²) in [6.07, 6.45) is 2.30. The molecule has 2 aliphatic rings. The van der Waals surface area contributed by atoms with Crippen LogP contribution in [0.5, 0.6) is 5.75 Å². The number of ether oxygens (including phenoxy) is 1. The molecule has 1 fully saturated rings. The minimum absolute atomic E-state index is 0.0274. The van der Waals surface area contributed by atoms with Crippen LogP contribution in [0.15, 0.2) is 60.0 Å². The molecule has 1 aromatic heterocycles. The first-order valence-electron chi connectivity index (χ1n) is 11.3. The first-order valence-corrected chi connectivity index (χ1v) is 12.2. The summed E-state index contributed by atoms with van der Waals surface area (Å²) in [7, 11) is 0. The number of thiophene rings is 1. The van der Waals surface area contributed by atoms with Crippen LogP contribution in [0.1, 0.15) is 39.7 Å². The van der Waals surface area contributed by atoms with Crippen LogP contribution >= 0.6 is 11.3 Å². The third-order valence-corrected chi connectivity index (χ3v) is 7.30. The van der Waals surface area contributed by atoms with E-state index in [1.807, 2.05) is 11.4 Å². The number of amides is 2. The molecule has 176 valence electrons. The highest BCUT2D eigenvalue weighted by molar-refractivity contribution is 7.10. The first-order chi connectivity index (χ1) is 16.5. The summed E-state index contributed by atoms with van der Waals surface area (Å²) < 4.78 is 34.2. The topological polar surface area (TPSA) is 49.9 Å². The highest BCUT2D eigenvalue weighted by Crippen LogP contribution is 2.35. The Morgan fingerprint density at radius 2 is 1.76 bits per heavy atom. The van der Waals surface area contributed by atoms with Gasteiger partial charge >= 0.3 is 0 Å². The van der Waals surface area contributed by atoms with Gasteiger partial charge in [-0.1, -0.05) is 24.3 Å². The number of hydrogen-bond donors (Lipinski definition) is 0. The predicted molar refractivity (Wildman–Crippen MR) is 125 cm³/mol. The average Bonchev–Trinajstić information content (AvgIpc) is 3.57. The van der Waals surface area contributed by atoms with Crippen LogP contribution in [0.4, 0.5) is 8.78 Å². The number of benzene rings is 2. The van der Waals surface area contributed by atoms with E-state index in [0.29, 0.717) is 13.0 Å². The van der Waals surface area contributed by atoms with Gasteiger partial charge in [-0.15, -0.1) is 11.3 Å². The monoisotopic (exact) mass is 482 g/mol. The summed E-state index contributed by atoms with van der Waals surface area (Å²) in [6.45, 7) is 0.443. The number of hydrogen-bond acceptors (Lipinski definition) is 4. The van der Waals surface area contributed by atoms with Crippen molar-refractivity contribution >= 4 is 23.2 Å². The molecule has 3 aromatic rings. The third-order valence-electron chi connectivity index (χ3n) is 6.31. The maximum atomic E-state index is 14.3. The average molecular weight is 483 g/mol. The lowest BCUT2D eigenvalue weighted by atomic mass is 10.0. The summed E-state index contributed by atoms with van der Waals surface area (Å²) >= 11 is 1.63. The minimum atomic E-state index is -0.595. The summed E-state index contributed by atoms with van der Waals surface area (Å²) in [5, 5.41) is 1.98. The predicted octanol–water partition coefficient (Wildman–Crippen LogP) is 4.84. The Labute approximate surface area is 200 Å². The Balaban J connectivity index is 1.36. The van der Waals surface area contributed by atoms with Crippen molar-refractivity contribution in [2.45, 2.75) is 31.3 Å². The Hall–Kier alpha value is -3.26. The molecule has 1 atom stereocenters. The Bertz CT molecular complexity index is 1210. The van der Waals surface area contributed by atoms with Crippen molar-refractivity contribution < 1.29 is 23.1 Å². The van der Waals surface area contributed by atoms with Crippen molar-refractivity contribution in [3.8, 4) is 5.75 Å². The van der Waals surface area contributed by atoms with Gasteiger partial charge in [-0.05, 0) is 60.5 Å². The van der Waals surface area contributed by atoms with E-state index in [4.69, 9.17) is 4.74 Å². The summed E-state index contributed by atoms with van der Waals surface area (Å²) in [4.78, 5) is 31.0. The molecule has 2 amide bonds. The second-order valence-corrected chi connectivity index (χ2v) is 9.54. The van der Waals surface area contributed by atoms with E-state index in [9.17, 15) is 18.4 Å². The molecule has 2 aromatic carbocycles. The molecule has 5 nitrogen and oxygen atoms in total. The fraction of sp³-hybridized carbons (Fsp3) is 0.308. The summed E-state index contributed by atoms with van der Waals surface area (Å²) in [5.74, 6) is -1.62. The van der Waals surface area contributed by atoms with Crippen molar-refractivity contribution in [2.75, 3.05) is 19.7 Å². The molecule has 1 aliphatic carbocycles. The maximum absolute atomic E-state index is 14.3. The van der Waals surface area contributed by atoms with Crippen molar-refractivity contribution in [3.05, 3.63) is 87.6 Å². The highest BCUT2D eigenvalue weighted by Gasteiger charge is 2.38. The van der Waals surface area contributed by atoms with Crippen LogP contribution < -0.4 is 4.74 Å². The van der Waals surface area contributed by atoms with Crippen LogP contribution in [0, 0.1) is 11.6 Å². The molecule has 2 heterocycles. The van der Waals surface area contributed by atoms with E-state index in [1.54, 1.807) is 40.5 Å². The molecule has 8 heteroatoms. The van der Waals surface area contributed by atoms with Crippen molar-refractivity contribution in [2.24, 2.45) is 0 Å². The van der Waals surface area contributed by atoms with Gasteiger partial charge in [0.15, 0.2) is 11.6 Å². The van der Waals surface area contributed by atoms with Gasteiger partial charge < -0.3 is 14.5 Å². The van der Waals surface area contributed by atoms with E-state index in [0.717, 1.165) is 18.4 Å². The first kappa shape index (κ1) is 22.5. The normalized spacial score (nSPS) is 17.2. The van der Waals surface area contributed by atoms with E-state index in [2.05, 4.69) is 0 Å². The Kier molecular flexibility index (Phi) is 6.32. The van der Waals surface area contributed by atoms with Crippen LogP contribution in [0.3, 0.4) is 0 Å². The molecule has 1 aliphatic heterocycles. The van der Waals surface area contributed by atoms with Crippen LogP contribution in [-0.4, -0.2) is 47.4 Å². The molecule has 1 saturated carbocycles. The van der Waals surface area contributed by atoms with Crippen molar-refractivity contribution in [3.63, 3.8) is 0 Å². The van der Waals surface area contributed by atoms with Crippen LogP contribution in [0.25, 0.3) is 0 Å². The molecule has 34 heavy (non-hydrogen) atoms. The second-order valence-electron chi connectivity index (χ2n) is 8.54. The molecule has 0 radical (unpaired) electrons. The second kappa shape index (κ2) is 9.54. The zero-order chi connectivity index (χ0) is 23.7. The molecular formula is C26H24F2N2O3S. The highest BCUT2D eigenvalue weighted by atomic mass is 32.1. The maximum Gasteiger partial charge on any atom is 0.257 e. The van der Waals surface area contributed by atoms with Crippen LogP contribution in [-0.2, 0) is 11.2 Å². The summed E-state index contributed by atoms with van der Waals surface area (Å²) in [5.41, 5.74) is 0.958. The number of carbonyl (C=O) groups is 2. The van der Waals surface area contributed by atoms with Crippen molar-refractivity contribution in [1.82, 2.24) is 9.80 Å². The quantitative estimate of drug-likeness (QED) is 0.485. The largest absolute Gasteiger partial charge is 0.488 e. The van der Waals surface area contributed by atoms with Gasteiger partial charge in [-0.2, -0.15) is 0 Å². The molecule has 0 bridgehead atoms. The minimum Gasteiger partial charge on any atom is -0.488 e. The zero-order valence-corrected chi connectivity index (χ0v) is 19.3. The number of para-hydroxylation sites is 1. The Morgan fingerprint density at radius 3 is 2.50 bits per heavy atom. The fourth-order valence-corrected chi connectivity index (χ4v) is 5.31. The number of halogens is 2. The van der Waals surface area contributed by atoms with Gasteiger partial charge in [0.2, 0.25) is 5.91 Å². The van der Waals surface area contributed by atoms with Gasteiger partial charge in [0.05, 0.1) is 11.6 Å². The molecule has 1 unspecified atom stereocenters. The summed E-state index contributed by atoms with van der Waals surface area (Å²) in [6, 6.07) is 13.5.